The largest absolute Gasteiger partial charge is 0.457 e. The highest BCUT2D eigenvalue weighted by atomic mass is 16.5. The van der Waals surface area contributed by atoms with Crippen LogP contribution in [0.5, 0.6) is 11.5 Å². The van der Waals surface area contributed by atoms with Crippen molar-refractivity contribution in [3.8, 4) is 67.9 Å². The molecule has 1 aliphatic heterocycles. The van der Waals surface area contributed by atoms with Crippen LogP contribution in [-0.4, -0.2) is 15.0 Å². The van der Waals surface area contributed by atoms with Gasteiger partial charge in [0.1, 0.15) is 11.5 Å². The van der Waals surface area contributed by atoms with Crippen LogP contribution in [0.1, 0.15) is 22.3 Å². The molecule has 0 atom stereocenters. The number of para-hydroxylation sites is 2. The summed E-state index contributed by atoms with van der Waals surface area (Å²) >= 11 is 0. The second kappa shape index (κ2) is 11.7. The molecular weight excluding hydrogens is 637 g/mol. The number of aromatic nitrogens is 3. The molecule has 0 radical (unpaired) electrons. The molecule has 2 heterocycles. The van der Waals surface area contributed by atoms with Crippen molar-refractivity contribution >= 4 is 5.69 Å². The molecule has 0 bridgehead atoms. The molecule has 1 spiro atoms. The molecule has 0 saturated heterocycles. The molecule has 10 rings (SSSR count). The van der Waals surface area contributed by atoms with Crippen LogP contribution in [0.15, 0.2) is 170 Å². The lowest BCUT2D eigenvalue weighted by atomic mass is 9.66. The summed E-state index contributed by atoms with van der Waals surface area (Å²) in [5.74, 6) is 3.52. The Hall–Kier alpha value is -7.16. The predicted molar refractivity (Wildman–Crippen MR) is 205 cm³/mol. The fourth-order valence-corrected chi connectivity index (χ4v) is 7.88. The zero-order valence-electron chi connectivity index (χ0n) is 27.9. The Labute approximate surface area is 301 Å². The SMILES string of the molecule is [C-]#[N+]c1ccc(-c2ccc(-c3nc(-c4ccccc4)nc(-c4ccc5c(c4)C4(c6ccccc6Oc6ccccc64)c4ccccc4-5)n3)cc2)cc1. The first-order valence-corrected chi connectivity index (χ1v) is 17.2. The Morgan fingerprint density at radius 3 is 1.50 bits per heavy atom. The zero-order valence-corrected chi connectivity index (χ0v) is 27.9. The maximum Gasteiger partial charge on any atom is 0.187 e. The maximum absolute atomic E-state index is 7.28. The van der Waals surface area contributed by atoms with E-state index in [0.29, 0.717) is 23.2 Å². The smallest absolute Gasteiger partial charge is 0.187 e. The van der Waals surface area contributed by atoms with Gasteiger partial charge in [0.2, 0.25) is 0 Å². The van der Waals surface area contributed by atoms with E-state index in [1.54, 1.807) is 0 Å². The maximum atomic E-state index is 7.28. The molecule has 1 aromatic heterocycles. The first-order chi connectivity index (χ1) is 25.7. The first-order valence-electron chi connectivity index (χ1n) is 17.2. The van der Waals surface area contributed by atoms with Crippen molar-refractivity contribution in [1.29, 1.82) is 0 Å². The van der Waals surface area contributed by atoms with E-state index in [4.69, 9.17) is 26.3 Å². The van der Waals surface area contributed by atoms with Crippen LogP contribution in [0, 0.1) is 6.57 Å². The molecule has 8 aromatic rings. The van der Waals surface area contributed by atoms with E-state index in [0.717, 1.165) is 50.4 Å². The van der Waals surface area contributed by atoms with Crippen molar-refractivity contribution in [2.24, 2.45) is 0 Å². The number of rotatable bonds is 4. The van der Waals surface area contributed by atoms with Crippen LogP contribution in [-0.2, 0) is 5.41 Å². The van der Waals surface area contributed by atoms with Crippen LogP contribution in [0.4, 0.5) is 5.69 Å². The Kier molecular flexibility index (Phi) is 6.70. The van der Waals surface area contributed by atoms with Crippen molar-refractivity contribution in [3.63, 3.8) is 0 Å². The van der Waals surface area contributed by atoms with E-state index < -0.39 is 5.41 Å². The van der Waals surface area contributed by atoms with E-state index >= 15 is 0 Å². The minimum atomic E-state index is -0.589. The number of benzene rings is 7. The number of nitrogens with zero attached hydrogens (tertiary/aromatic N) is 4. The van der Waals surface area contributed by atoms with E-state index in [-0.39, 0.29) is 0 Å². The van der Waals surface area contributed by atoms with Gasteiger partial charge in [-0.15, -0.1) is 0 Å². The quantitative estimate of drug-likeness (QED) is 0.176. The van der Waals surface area contributed by atoms with E-state index in [1.807, 2.05) is 66.7 Å². The number of fused-ring (bicyclic) bond motifs is 9. The van der Waals surface area contributed by atoms with Crippen LogP contribution in [0.2, 0.25) is 0 Å². The lowest BCUT2D eigenvalue weighted by molar-refractivity contribution is 0.436. The van der Waals surface area contributed by atoms with Crippen molar-refractivity contribution < 1.29 is 4.74 Å². The van der Waals surface area contributed by atoms with Crippen molar-refractivity contribution in [2.45, 2.75) is 5.41 Å². The summed E-state index contributed by atoms with van der Waals surface area (Å²) in [7, 11) is 0. The van der Waals surface area contributed by atoms with Gasteiger partial charge in [-0.25, -0.2) is 19.8 Å². The summed E-state index contributed by atoms with van der Waals surface area (Å²) in [6.07, 6.45) is 0. The summed E-state index contributed by atoms with van der Waals surface area (Å²) in [6, 6.07) is 58.1. The standard InChI is InChI=1S/C47H28N4O/c1-48-35-26-23-31(24-27-35)30-19-21-33(22-20-30)45-49-44(32-11-3-2-4-12-32)50-46(51-45)34-25-28-37-36-13-5-6-14-38(36)47(41(37)29-34)39-15-7-9-17-42(39)52-43-18-10-8-16-40(43)47/h2-29H. The fourth-order valence-electron chi connectivity index (χ4n) is 7.88. The lowest BCUT2D eigenvalue weighted by Crippen LogP contribution is -2.32. The van der Waals surface area contributed by atoms with Crippen LogP contribution < -0.4 is 4.74 Å². The van der Waals surface area contributed by atoms with Gasteiger partial charge < -0.3 is 4.74 Å². The van der Waals surface area contributed by atoms with Gasteiger partial charge in [-0.1, -0.05) is 152 Å². The van der Waals surface area contributed by atoms with Gasteiger partial charge in [0.25, 0.3) is 0 Å². The molecule has 0 fully saturated rings. The number of hydrogen-bond acceptors (Lipinski definition) is 4. The molecule has 5 heteroatoms. The predicted octanol–water partition coefficient (Wildman–Crippen LogP) is 11.6. The van der Waals surface area contributed by atoms with Crippen LogP contribution in [0.3, 0.4) is 0 Å². The summed E-state index contributed by atoms with van der Waals surface area (Å²) in [5.41, 5.74) is 11.9. The van der Waals surface area contributed by atoms with Crippen LogP contribution >= 0.6 is 0 Å². The van der Waals surface area contributed by atoms with Crippen molar-refractivity contribution in [3.05, 3.63) is 204 Å². The van der Waals surface area contributed by atoms with Gasteiger partial charge in [-0.2, -0.15) is 0 Å². The summed E-state index contributed by atoms with van der Waals surface area (Å²) < 4.78 is 6.54. The first kappa shape index (κ1) is 29.7. The third kappa shape index (κ3) is 4.52. The molecule has 0 amide bonds. The third-order valence-electron chi connectivity index (χ3n) is 10.2. The molecule has 0 saturated carbocycles. The average molecular weight is 665 g/mol. The summed E-state index contributed by atoms with van der Waals surface area (Å²) in [4.78, 5) is 18.8. The number of ether oxygens (including phenoxy) is 1. The Morgan fingerprint density at radius 1 is 0.404 bits per heavy atom. The fraction of sp³-hybridized carbons (Fsp3) is 0.0213. The zero-order chi connectivity index (χ0) is 34.6. The van der Waals surface area contributed by atoms with Crippen LogP contribution in [0.25, 0.3) is 61.3 Å². The van der Waals surface area contributed by atoms with Gasteiger partial charge >= 0.3 is 0 Å². The molecule has 1 aliphatic carbocycles. The lowest BCUT2D eigenvalue weighted by Gasteiger charge is -2.39. The highest BCUT2D eigenvalue weighted by Gasteiger charge is 2.51. The summed E-state index contributed by atoms with van der Waals surface area (Å²) in [6.45, 7) is 7.28. The minimum Gasteiger partial charge on any atom is -0.457 e. The van der Waals surface area contributed by atoms with Gasteiger partial charge in [0, 0.05) is 27.8 Å². The molecule has 52 heavy (non-hydrogen) atoms. The van der Waals surface area contributed by atoms with E-state index in [2.05, 4.69) is 108 Å². The highest BCUT2D eigenvalue weighted by molar-refractivity contribution is 5.90. The van der Waals surface area contributed by atoms with Gasteiger partial charge in [-0.3, -0.25) is 0 Å². The van der Waals surface area contributed by atoms with Gasteiger partial charge in [0.05, 0.1) is 12.0 Å². The number of hydrogen-bond donors (Lipinski definition) is 0. The molecule has 7 aromatic carbocycles. The minimum absolute atomic E-state index is 0.589. The molecule has 0 N–H and O–H groups in total. The van der Waals surface area contributed by atoms with Crippen molar-refractivity contribution in [1.82, 2.24) is 15.0 Å². The Balaban J connectivity index is 1.16. The molecule has 5 nitrogen and oxygen atoms in total. The monoisotopic (exact) mass is 664 g/mol. The highest BCUT2D eigenvalue weighted by Crippen LogP contribution is 2.62. The van der Waals surface area contributed by atoms with E-state index in [1.165, 1.54) is 22.3 Å². The normalized spacial score (nSPS) is 12.9. The molecular formula is C47H28N4O. The van der Waals surface area contributed by atoms with Crippen molar-refractivity contribution in [2.75, 3.05) is 0 Å². The molecule has 242 valence electrons. The molecule has 0 unspecified atom stereocenters. The second-order valence-corrected chi connectivity index (χ2v) is 13.1. The topological polar surface area (TPSA) is 52.3 Å². The third-order valence-corrected chi connectivity index (χ3v) is 10.2. The van der Waals surface area contributed by atoms with E-state index in [9.17, 15) is 0 Å². The van der Waals surface area contributed by atoms with Gasteiger partial charge in [-0.05, 0) is 51.6 Å². The second-order valence-electron chi connectivity index (χ2n) is 13.1. The molecule has 2 aliphatic rings. The Bertz CT molecular complexity index is 2670. The summed E-state index contributed by atoms with van der Waals surface area (Å²) in [5, 5.41) is 0. The average Bonchev–Trinajstić information content (AvgIpc) is 3.51. The van der Waals surface area contributed by atoms with Gasteiger partial charge in [0.15, 0.2) is 23.2 Å². The Morgan fingerprint density at radius 2 is 0.865 bits per heavy atom.